The van der Waals surface area contributed by atoms with E-state index in [-0.39, 0.29) is 0 Å². The van der Waals surface area contributed by atoms with E-state index in [1.807, 2.05) is 0 Å². The van der Waals surface area contributed by atoms with Crippen LogP contribution in [0, 0.1) is 5.41 Å². The molecule has 0 amide bonds. The third kappa shape index (κ3) is 2.32. The van der Waals surface area contributed by atoms with Crippen LogP contribution in [0.15, 0.2) is 30.3 Å². The summed E-state index contributed by atoms with van der Waals surface area (Å²) in [7, 11) is 0. The van der Waals surface area contributed by atoms with Crippen molar-refractivity contribution in [3.8, 4) is 0 Å². The summed E-state index contributed by atoms with van der Waals surface area (Å²) in [6, 6.07) is 12.6. The lowest BCUT2D eigenvalue weighted by Gasteiger charge is -2.51. The zero-order valence-corrected chi connectivity index (χ0v) is 11.6. The highest BCUT2D eigenvalue weighted by molar-refractivity contribution is 5.28. The van der Waals surface area contributed by atoms with Gasteiger partial charge in [0.1, 0.15) is 0 Å². The van der Waals surface area contributed by atoms with Crippen LogP contribution in [-0.4, -0.2) is 25.2 Å². The zero-order chi connectivity index (χ0) is 12.7. The Labute approximate surface area is 116 Å². The van der Waals surface area contributed by atoms with Crippen LogP contribution < -0.4 is 10.6 Å². The lowest BCUT2D eigenvalue weighted by atomic mass is 9.60. The van der Waals surface area contributed by atoms with Crippen LogP contribution in [0.5, 0.6) is 0 Å². The van der Waals surface area contributed by atoms with E-state index in [1.54, 1.807) is 0 Å². The summed E-state index contributed by atoms with van der Waals surface area (Å²) < 4.78 is 0. The third-order valence-electron chi connectivity index (χ3n) is 5.49. The largest absolute Gasteiger partial charge is 0.317 e. The Balaban J connectivity index is 1.27. The maximum atomic E-state index is 3.89. The molecule has 4 rings (SSSR count). The predicted molar refractivity (Wildman–Crippen MR) is 78.3 cm³/mol. The summed E-state index contributed by atoms with van der Waals surface area (Å²) in [4.78, 5) is 0. The average Bonchev–Trinajstić information content (AvgIpc) is 3.19. The molecule has 1 aromatic rings. The number of benzene rings is 1. The molecule has 1 aliphatic heterocycles. The number of nitrogens with one attached hydrogen (secondary N) is 2. The summed E-state index contributed by atoms with van der Waals surface area (Å²) in [5, 5.41) is 7.37. The Morgan fingerprint density at radius 1 is 1.05 bits per heavy atom. The highest BCUT2D eigenvalue weighted by atomic mass is 15.0. The van der Waals surface area contributed by atoms with E-state index >= 15 is 0 Å². The van der Waals surface area contributed by atoms with E-state index in [0.29, 0.717) is 5.41 Å². The number of hydrogen-bond acceptors (Lipinski definition) is 2. The monoisotopic (exact) mass is 256 g/mol. The summed E-state index contributed by atoms with van der Waals surface area (Å²) in [6.45, 7) is 2.48. The first-order chi connectivity index (χ1) is 9.35. The Bertz CT molecular complexity index is 428. The first-order valence-corrected chi connectivity index (χ1v) is 7.86. The average molecular weight is 256 g/mol. The van der Waals surface area contributed by atoms with Gasteiger partial charge in [-0.05, 0) is 56.2 Å². The molecule has 0 aromatic heterocycles. The summed E-state index contributed by atoms with van der Waals surface area (Å²) in [5.41, 5.74) is 2.23. The van der Waals surface area contributed by atoms with Gasteiger partial charge in [-0.3, -0.25) is 0 Å². The fraction of sp³-hybridized carbons (Fsp3) is 0.647. The molecule has 2 nitrogen and oxygen atoms in total. The van der Waals surface area contributed by atoms with Crippen LogP contribution in [0.3, 0.4) is 0 Å². The molecule has 3 aliphatic rings. The van der Waals surface area contributed by atoms with Gasteiger partial charge in [-0.15, -0.1) is 0 Å². The lowest BCUT2D eigenvalue weighted by molar-refractivity contribution is 0.0449. The first kappa shape index (κ1) is 11.9. The molecule has 2 saturated carbocycles. The molecule has 1 aromatic carbocycles. The normalized spacial score (nSPS) is 33.1. The Morgan fingerprint density at radius 3 is 2.53 bits per heavy atom. The summed E-state index contributed by atoms with van der Waals surface area (Å²) in [6.07, 6.45) is 6.99. The van der Waals surface area contributed by atoms with Crippen molar-refractivity contribution in [1.29, 1.82) is 0 Å². The van der Waals surface area contributed by atoms with Crippen molar-refractivity contribution >= 4 is 0 Å². The SMILES string of the molecule is c1ccc(C2CC2NC2CC3(CCNCC3)C2)cc1. The number of piperidine rings is 1. The predicted octanol–water partition coefficient (Wildman–Crippen LogP) is 2.66. The zero-order valence-electron chi connectivity index (χ0n) is 11.6. The standard InChI is InChI=1S/C17H24N2/c1-2-4-13(5-3-1)15-10-16(15)19-14-11-17(12-14)6-8-18-9-7-17/h1-5,14-16,18-19H,6-12H2. The van der Waals surface area contributed by atoms with Crippen LogP contribution >= 0.6 is 0 Å². The molecule has 102 valence electrons. The van der Waals surface area contributed by atoms with E-state index in [1.165, 1.54) is 50.8 Å². The van der Waals surface area contributed by atoms with Gasteiger partial charge in [-0.25, -0.2) is 0 Å². The molecule has 0 radical (unpaired) electrons. The second-order valence-electron chi connectivity index (χ2n) is 6.88. The fourth-order valence-corrected chi connectivity index (χ4v) is 4.22. The smallest absolute Gasteiger partial charge is 0.0145 e. The van der Waals surface area contributed by atoms with Crippen LogP contribution in [0.1, 0.15) is 43.6 Å². The van der Waals surface area contributed by atoms with Gasteiger partial charge in [0.15, 0.2) is 0 Å². The summed E-state index contributed by atoms with van der Waals surface area (Å²) in [5.74, 6) is 0.783. The van der Waals surface area contributed by atoms with E-state index in [2.05, 4.69) is 41.0 Å². The van der Waals surface area contributed by atoms with Gasteiger partial charge in [-0.2, -0.15) is 0 Å². The van der Waals surface area contributed by atoms with Crippen molar-refractivity contribution in [3.63, 3.8) is 0 Å². The minimum Gasteiger partial charge on any atom is -0.317 e. The fourth-order valence-electron chi connectivity index (χ4n) is 4.22. The van der Waals surface area contributed by atoms with Gasteiger partial charge < -0.3 is 10.6 Å². The molecule has 19 heavy (non-hydrogen) atoms. The second-order valence-corrected chi connectivity index (χ2v) is 6.88. The van der Waals surface area contributed by atoms with E-state index in [4.69, 9.17) is 0 Å². The lowest BCUT2D eigenvalue weighted by Crippen LogP contribution is -2.53. The molecule has 1 heterocycles. The van der Waals surface area contributed by atoms with Crippen LogP contribution in [0.25, 0.3) is 0 Å². The van der Waals surface area contributed by atoms with Crippen molar-refractivity contribution in [3.05, 3.63) is 35.9 Å². The third-order valence-corrected chi connectivity index (χ3v) is 5.49. The first-order valence-electron chi connectivity index (χ1n) is 7.86. The van der Waals surface area contributed by atoms with Gasteiger partial charge in [0.05, 0.1) is 0 Å². The molecular formula is C17H24N2. The van der Waals surface area contributed by atoms with Crippen molar-refractivity contribution < 1.29 is 0 Å². The molecule has 1 spiro atoms. The molecular weight excluding hydrogens is 232 g/mol. The van der Waals surface area contributed by atoms with Gasteiger partial charge in [0, 0.05) is 18.0 Å². The molecule has 3 fully saturated rings. The maximum absolute atomic E-state index is 3.89. The van der Waals surface area contributed by atoms with E-state index in [9.17, 15) is 0 Å². The molecule has 2 N–H and O–H groups in total. The van der Waals surface area contributed by atoms with Crippen LogP contribution in [0.2, 0.25) is 0 Å². The second kappa shape index (κ2) is 4.60. The summed E-state index contributed by atoms with van der Waals surface area (Å²) >= 11 is 0. The van der Waals surface area contributed by atoms with Crippen molar-refractivity contribution in [2.45, 2.75) is 50.1 Å². The number of hydrogen-bond donors (Lipinski definition) is 2. The van der Waals surface area contributed by atoms with E-state index in [0.717, 1.165) is 18.0 Å². The van der Waals surface area contributed by atoms with Crippen LogP contribution in [-0.2, 0) is 0 Å². The molecule has 2 heteroatoms. The van der Waals surface area contributed by atoms with Crippen molar-refractivity contribution in [2.24, 2.45) is 5.41 Å². The van der Waals surface area contributed by atoms with Gasteiger partial charge in [0.2, 0.25) is 0 Å². The highest BCUT2D eigenvalue weighted by Gasteiger charge is 2.48. The Morgan fingerprint density at radius 2 is 1.79 bits per heavy atom. The van der Waals surface area contributed by atoms with Crippen molar-refractivity contribution in [2.75, 3.05) is 13.1 Å². The van der Waals surface area contributed by atoms with E-state index < -0.39 is 0 Å². The van der Waals surface area contributed by atoms with Gasteiger partial charge in [-0.1, -0.05) is 30.3 Å². The molecule has 2 unspecified atom stereocenters. The molecule has 1 saturated heterocycles. The van der Waals surface area contributed by atoms with Crippen LogP contribution in [0.4, 0.5) is 0 Å². The Hall–Kier alpha value is -0.860. The Kier molecular flexibility index (Phi) is 2.89. The highest BCUT2D eigenvalue weighted by Crippen LogP contribution is 2.50. The molecule has 0 bridgehead atoms. The maximum Gasteiger partial charge on any atom is 0.0145 e. The molecule has 2 atom stereocenters. The topological polar surface area (TPSA) is 24.1 Å². The minimum atomic E-state index is 0.708. The van der Waals surface area contributed by atoms with Gasteiger partial charge in [0.25, 0.3) is 0 Å². The number of rotatable bonds is 3. The van der Waals surface area contributed by atoms with Crippen molar-refractivity contribution in [1.82, 2.24) is 10.6 Å². The molecule has 2 aliphatic carbocycles. The minimum absolute atomic E-state index is 0.708. The quantitative estimate of drug-likeness (QED) is 0.869. The van der Waals surface area contributed by atoms with Gasteiger partial charge >= 0.3 is 0 Å².